The molecule has 0 spiro atoms. The van der Waals surface area contributed by atoms with Gasteiger partial charge in [0.25, 0.3) is 0 Å². The van der Waals surface area contributed by atoms with Crippen molar-refractivity contribution in [1.29, 1.82) is 0 Å². The molecule has 1 aromatic heterocycles. The van der Waals surface area contributed by atoms with Crippen LogP contribution in [0.5, 0.6) is 5.75 Å². The molecule has 0 radical (unpaired) electrons. The van der Waals surface area contributed by atoms with Gasteiger partial charge < -0.3 is 4.74 Å². The van der Waals surface area contributed by atoms with E-state index in [0.717, 1.165) is 11.4 Å². The first-order valence-electron chi connectivity index (χ1n) is 5.69. The highest BCUT2D eigenvalue weighted by atomic mass is 16.5. The Kier molecular flexibility index (Phi) is 2.53. The van der Waals surface area contributed by atoms with E-state index in [2.05, 4.69) is 28.5 Å². The average molecular weight is 226 g/mol. The Balaban J connectivity index is 1.76. The first-order chi connectivity index (χ1) is 8.38. The summed E-state index contributed by atoms with van der Waals surface area (Å²) in [5, 5.41) is 3.44. The van der Waals surface area contributed by atoms with Gasteiger partial charge in [-0.1, -0.05) is 18.2 Å². The highest BCUT2D eigenvalue weighted by Crippen LogP contribution is 2.41. The molecule has 2 aromatic rings. The molecular formula is C14H14N2O. The third kappa shape index (κ3) is 2.01. The van der Waals surface area contributed by atoms with Gasteiger partial charge in [-0.15, -0.1) is 0 Å². The van der Waals surface area contributed by atoms with Crippen molar-refractivity contribution in [2.45, 2.75) is 12.1 Å². The number of benzene rings is 1. The fourth-order valence-corrected chi connectivity index (χ4v) is 2.05. The Labute approximate surface area is 100 Å². The third-order valence-electron chi connectivity index (χ3n) is 3.06. The molecule has 1 N–H and O–H groups in total. The lowest BCUT2D eigenvalue weighted by atomic mass is 10.1. The van der Waals surface area contributed by atoms with Gasteiger partial charge in [0.05, 0.1) is 24.9 Å². The summed E-state index contributed by atoms with van der Waals surface area (Å²) in [7, 11) is 1.68. The maximum atomic E-state index is 5.15. The zero-order chi connectivity index (χ0) is 11.7. The summed E-state index contributed by atoms with van der Waals surface area (Å²) in [5.41, 5.74) is 2.38. The van der Waals surface area contributed by atoms with E-state index >= 15 is 0 Å². The highest BCUT2D eigenvalue weighted by molar-refractivity contribution is 5.35. The first-order valence-corrected chi connectivity index (χ1v) is 5.69. The molecule has 1 aliphatic rings. The summed E-state index contributed by atoms with van der Waals surface area (Å²) >= 11 is 0. The number of methoxy groups -OCH3 is 1. The van der Waals surface area contributed by atoms with Gasteiger partial charge in [-0.25, -0.2) is 0 Å². The minimum atomic E-state index is 0.351. The second kappa shape index (κ2) is 4.18. The molecule has 1 fully saturated rings. The molecule has 1 saturated heterocycles. The van der Waals surface area contributed by atoms with Crippen molar-refractivity contribution in [3.8, 4) is 5.75 Å². The summed E-state index contributed by atoms with van der Waals surface area (Å²) in [6.07, 6.45) is 1.83. The van der Waals surface area contributed by atoms with Gasteiger partial charge in [0, 0.05) is 6.20 Å². The molecular weight excluding hydrogens is 212 g/mol. The van der Waals surface area contributed by atoms with E-state index in [4.69, 9.17) is 4.74 Å². The predicted molar refractivity (Wildman–Crippen MR) is 65.8 cm³/mol. The van der Waals surface area contributed by atoms with Gasteiger partial charge in [-0.05, 0) is 29.8 Å². The predicted octanol–water partition coefficient (Wildman–Crippen LogP) is 2.48. The molecule has 0 saturated carbocycles. The molecule has 86 valence electrons. The fraction of sp³-hybridized carbons (Fsp3) is 0.214. The Hall–Kier alpha value is -1.87. The molecule has 0 bridgehead atoms. The summed E-state index contributed by atoms with van der Waals surface area (Å²) < 4.78 is 5.15. The Morgan fingerprint density at radius 3 is 2.53 bits per heavy atom. The minimum Gasteiger partial charge on any atom is -0.497 e. The lowest BCUT2D eigenvalue weighted by Gasteiger charge is -2.01. The monoisotopic (exact) mass is 226 g/mol. The molecule has 17 heavy (non-hydrogen) atoms. The van der Waals surface area contributed by atoms with E-state index in [1.165, 1.54) is 5.56 Å². The highest BCUT2D eigenvalue weighted by Gasteiger charge is 2.39. The van der Waals surface area contributed by atoms with Crippen molar-refractivity contribution in [2.75, 3.05) is 7.11 Å². The number of hydrogen-bond acceptors (Lipinski definition) is 3. The molecule has 2 heterocycles. The lowest BCUT2D eigenvalue weighted by Crippen LogP contribution is -1.88. The fourth-order valence-electron chi connectivity index (χ4n) is 2.05. The number of pyridine rings is 1. The number of nitrogens with zero attached hydrogens (tertiary/aromatic N) is 1. The van der Waals surface area contributed by atoms with E-state index in [-0.39, 0.29) is 0 Å². The number of hydrogen-bond donors (Lipinski definition) is 1. The summed E-state index contributed by atoms with van der Waals surface area (Å²) in [5.74, 6) is 0.892. The summed E-state index contributed by atoms with van der Waals surface area (Å²) in [4.78, 5) is 4.36. The third-order valence-corrected chi connectivity index (χ3v) is 3.06. The van der Waals surface area contributed by atoms with Crippen LogP contribution in [0.3, 0.4) is 0 Å². The number of aromatic nitrogens is 1. The molecule has 0 unspecified atom stereocenters. The number of rotatable bonds is 3. The van der Waals surface area contributed by atoms with Crippen molar-refractivity contribution in [2.24, 2.45) is 0 Å². The average Bonchev–Trinajstić information content (AvgIpc) is 3.20. The SMILES string of the molecule is COc1ccc([C@H]2N[C@H]2c2ccccn2)cc1. The molecule has 0 amide bonds. The van der Waals surface area contributed by atoms with Crippen LogP contribution < -0.4 is 10.1 Å². The van der Waals surface area contributed by atoms with Crippen LogP contribution in [0.25, 0.3) is 0 Å². The molecule has 1 aliphatic heterocycles. The molecule has 3 rings (SSSR count). The largest absolute Gasteiger partial charge is 0.497 e. The molecule has 3 nitrogen and oxygen atoms in total. The van der Waals surface area contributed by atoms with Crippen molar-refractivity contribution in [3.63, 3.8) is 0 Å². The molecule has 0 aliphatic carbocycles. The second-order valence-corrected chi connectivity index (χ2v) is 4.15. The molecule has 2 atom stereocenters. The van der Waals surface area contributed by atoms with Crippen molar-refractivity contribution in [3.05, 3.63) is 59.9 Å². The Morgan fingerprint density at radius 1 is 1.06 bits per heavy atom. The van der Waals surface area contributed by atoms with Gasteiger partial charge in [0.15, 0.2) is 0 Å². The van der Waals surface area contributed by atoms with E-state index in [0.29, 0.717) is 12.1 Å². The van der Waals surface area contributed by atoms with E-state index in [9.17, 15) is 0 Å². The normalized spacial score (nSPS) is 22.2. The standard InChI is InChI=1S/C14H14N2O/c1-17-11-7-5-10(6-8-11)13-14(16-13)12-4-2-3-9-15-12/h2-9,13-14,16H,1H3/t13-,14+/m1/s1. The van der Waals surface area contributed by atoms with Gasteiger partial charge in [-0.3, -0.25) is 10.3 Å². The van der Waals surface area contributed by atoms with Crippen LogP contribution >= 0.6 is 0 Å². The van der Waals surface area contributed by atoms with Gasteiger partial charge in [-0.2, -0.15) is 0 Å². The number of nitrogens with one attached hydrogen (secondary N) is 1. The van der Waals surface area contributed by atoms with Gasteiger partial charge in [0.2, 0.25) is 0 Å². The van der Waals surface area contributed by atoms with E-state index in [1.54, 1.807) is 7.11 Å². The smallest absolute Gasteiger partial charge is 0.118 e. The zero-order valence-electron chi connectivity index (χ0n) is 9.63. The van der Waals surface area contributed by atoms with Gasteiger partial charge in [0.1, 0.15) is 5.75 Å². The van der Waals surface area contributed by atoms with E-state index < -0.39 is 0 Å². The van der Waals surface area contributed by atoms with Gasteiger partial charge >= 0.3 is 0 Å². The summed E-state index contributed by atoms with van der Waals surface area (Å²) in [6, 6.07) is 14.9. The molecule has 3 heteroatoms. The van der Waals surface area contributed by atoms with E-state index in [1.807, 2.05) is 30.5 Å². The van der Waals surface area contributed by atoms with Crippen molar-refractivity contribution in [1.82, 2.24) is 10.3 Å². The minimum absolute atomic E-state index is 0.351. The van der Waals surface area contributed by atoms with Crippen LogP contribution in [-0.4, -0.2) is 12.1 Å². The second-order valence-electron chi connectivity index (χ2n) is 4.15. The van der Waals surface area contributed by atoms with Crippen LogP contribution in [0.4, 0.5) is 0 Å². The van der Waals surface area contributed by atoms with Crippen LogP contribution in [0, 0.1) is 0 Å². The Bertz CT molecular complexity index is 495. The molecule has 1 aromatic carbocycles. The maximum absolute atomic E-state index is 5.15. The first kappa shape index (κ1) is 10.3. The van der Waals surface area contributed by atoms with Crippen LogP contribution in [0.2, 0.25) is 0 Å². The topological polar surface area (TPSA) is 44.1 Å². The Morgan fingerprint density at radius 2 is 1.88 bits per heavy atom. The van der Waals surface area contributed by atoms with Crippen LogP contribution in [0.1, 0.15) is 23.3 Å². The zero-order valence-corrected chi connectivity index (χ0v) is 9.63. The van der Waals surface area contributed by atoms with Crippen molar-refractivity contribution >= 4 is 0 Å². The lowest BCUT2D eigenvalue weighted by molar-refractivity contribution is 0.414. The van der Waals surface area contributed by atoms with Crippen LogP contribution in [-0.2, 0) is 0 Å². The van der Waals surface area contributed by atoms with Crippen LogP contribution in [0.15, 0.2) is 48.7 Å². The van der Waals surface area contributed by atoms with Crippen molar-refractivity contribution < 1.29 is 4.74 Å². The quantitative estimate of drug-likeness (QED) is 0.818. The maximum Gasteiger partial charge on any atom is 0.118 e. The summed E-state index contributed by atoms with van der Waals surface area (Å²) in [6.45, 7) is 0. The number of ether oxygens (including phenoxy) is 1.